The van der Waals surface area contributed by atoms with Crippen molar-refractivity contribution in [2.45, 2.75) is 52.7 Å². The largest absolute Gasteiger partial charge is 0.391 e. The predicted molar refractivity (Wildman–Crippen MR) is 62.2 cm³/mol. The number of aliphatic hydroxyl groups is 1. The summed E-state index contributed by atoms with van der Waals surface area (Å²) in [6, 6.07) is 0. The first-order chi connectivity index (χ1) is 7.11. The molecule has 0 atom stereocenters. The third kappa shape index (κ3) is 2.73. The average molecular weight is 231 g/mol. The van der Waals surface area contributed by atoms with Crippen LogP contribution >= 0.6 is 11.6 Å². The van der Waals surface area contributed by atoms with E-state index < -0.39 is 0 Å². The Morgan fingerprint density at radius 2 is 2.13 bits per heavy atom. The van der Waals surface area contributed by atoms with E-state index in [-0.39, 0.29) is 6.61 Å². The topological polar surface area (TPSA) is 38.0 Å². The molecule has 0 unspecified atom stereocenters. The van der Waals surface area contributed by atoms with Crippen molar-refractivity contribution in [2.24, 2.45) is 0 Å². The second-order valence-corrected chi connectivity index (χ2v) is 4.40. The molecule has 1 heterocycles. The zero-order valence-corrected chi connectivity index (χ0v) is 10.4. The fraction of sp³-hybridized carbons (Fsp3) is 0.727. The van der Waals surface area contributed by atoms with E-state index in [1.54, 1.807) is 4.68 Å². The molecular formula is C11H19ClN2O. The minimum absolute atomic E-state index is 0.0293. The average Bonchev–Trinajstić information content (AvgIpc) is 2.52. The number of unbranched alkanes of at least 4 members (excludes halogenated alkanes) is 1. The van der Waals surface area contributed by atoms with Crippen LogP contribution in [0.3, 0.4) is 0 Å². The third-order valence-corrected chi connectivity index (χ3v) is 2.86. The number of nitrogens with zero attached hydrogens (tertiary/aromatic N) is 2. The molecule has 0 fully saturated rings. The molecule has 0 aliphatic heterocycles. The Kier molecular flexibility index (Phi) is 4.61. The van der Waals surface area contributed by atoms with E-state index in [2.05, 4.69) is 25.9 Å². The molecule has 0 amide bonds. The van der Waals surface area contributed by atoms with Crippen LogP contribution in [0.5, 0.6) is 0 Å². The summed E-state index contributed by atoms with van der Waals surface area (Å²) in [6.07, 6.45) is 2.17. The van der Waals surface area contributed by atoms with Crippen molar-refractivity contribution in [1.29, 1.82) is 0 Å². The first-order valence-electron chi connectivity index (χ1n) is 5.47. The van der Waals surface area contributed by atoms with E-state index in [1.807, 2.05) is 0 Å². The van der Waals surface area contributed by atoms with E-state index in [0.29, 0.717) is 11.1 Å². The Balaban J connectivity index is 2.98. The van der Waals surface area contributed by atoms with Gasteiger partial charge in [-0.1, -0.05) is 38.8 Å². The van der Waals surface area contributed by atoms with Gasteiger partial charge in [-0.3, -0.25) is 4.68 Å². The first kappa shape index (κ1) is 12.5. The lowest BCUT2D eigenvalue weighted by atomic mass is 10.1. The van der Waals surface area contributed by atoms with Gasteiger partial charge in [0.1, 0.15) is 5.15 Å². The highest BCUT2D eigenvalue weighted by Crippen LogP contribution is 2.26. The van der Waals surface area contributed by atoms with Gasteiger partial charge in [-0.25, -0.2) is 0 Å². The molecule has 1 rings (SSSR count). The number of halogens is 1. The number of rotatable bonds is 5. The van der Waals surface area contributed by atoms with Crippen LogP contribution in [0, 0.1) is 0 Å². The van der Waals surface area contributed by atoms with Crippen LogP contribution in [0.4, 0.5) is 0 Å². The quantitative estimate of drug-likeness (QED) is 0.845. The lowest BCUT2D eigenvalue weighted by Gasteiger charge is -2.01. The van der Waals surface area contributed by atoms with Crippen molar-refractivity contribution in [3.8, 4) is 0 Å². The maximum atomic E-state index is 9.25. The Morgan fingerprint density at radius 1 is 1.47 bits per heavy atom. The smallest absolute Gasteiger partial charge is 0.132 e. The molecule has 0 aromatic carbocycles. The first-order valence-corrected chi connectivity index (χ1v) is 5.85. The molecule has 86 valence electrons. The third-order valence-electron chi connectivity index (χ3n) is 2.44. The number of hydrogen-bond donors (Lipinski definition) is 1. The maximum Gasteiger partial charge on any atom is 0.132 e. The second-order valence-electron chi connectivity index (χ2n) is 4.04. The molecule has 0 aliphatic carbocycles. The molecule has 0 bridgehead atoms. The van der Waals surface area contributed by atoms with E-state index in [9.17, 15) is 5.11 Å². The SMILES string of the molecule is CCCCn1nc(C(C)C)c(CO)c1Cl. The molecular weight excluding hydrogens is 212 g/mol. The summed E-state index contributed by atoms with van der Waals surface area (Å²) < 4.78 is 1.80. The zero-order valence-electron chi connectivity index (χ0n) is 9.63. The second kappa shape index (κ2) is 5.52. The van der Waals surface area contributed by atoms with Gasteiger partial charge >= 0.3 is 0 Å². The van der Waals surface area contributed by atoms with Gasteiger partial charge in [0.15, 0.2) is 0 Å². The van der Waals surface area contributed by atoms with Gasteiger partial charge in [-0.2, -0.15) is 5.10 Å². The summed E-state index contributed by atoms with van der Waals surface area (Å²) in [5, 5.41) is 14.3. The van der Waals surface area contributed by atoms with E-state index >= 15 is 0 Å². The molecule has 0 saturated heterocycles. The van der Waals surface area contributed by atoms with Gasteiger partial charge < -0.3 is 5.11 Å². The fourth-order valence-electron chi connectivity index (χ4n) is 1.56. The highest BCUT2D eigenvalue weighted by molar-refractivity contribution is 6.30. The summed E-state index contributed by atoms with van der Waals surface area (Å²) in [5.41, 5.74) is 1.70. The molecule has 0 aliphatic rings. The molecule has 4 heteroatoms. The van der Waals surface area contributed by atoms with Gasteiger partial charge in [0, 0.05) is 12.1 Å². The minimum Gasteiger partial charge on any atom is -0.391 e. The Labute approximate surface area is 96.1 Å². The minimum atomic E-state index is -0.0293. The predicted octanol–water partition coefficient (Wildman–Crippen LogP) is 2.95. The van der Waals surface area contributed by atoms with Gasteiger partial charge in [-0.15, -0.1) is 0 Å². The highest BCUT2D eigenvalue weighted by atomic mass is 35.5. The molecule has 1 aromatic heterocycles. The fourth-order valence-corrected chi connectivity index (χ4v) is 1.84. The van der Waals surface area contributed by atoms with Crippen LogP contribution in [-0.4, -0.2) is 14.9 Å². The summed E-state index contributed by atoms with van der Waals surface area (Å²) >= 11 is 6.15. The Bertz CT molecular complexity index is 321. The van der Waals surface area contributed by atoms with Crippen LogP contribution in [-0.2, 0) is 13.2 Å². The lowest BCUT2D eigenvalue weighted by molar-refractivity contribution is 0.280. The molecule has 1 N–H and O–H groups in total. The van der Waals surface area contributed by atoms with Gasteiger partial charge in [0.2, 0.25) is 0 Å². The van der Waals surface area contributed by atoms with Crippen molar-refractivity contribution in [2.75, 3.05) is 0 Å². The Morgan fingerprint density at radius 3 is 2.53 bits per heavy atom. The molecule has 0 radical (unpaired) electrons. The monoisotopic (exact) mass is 230 g/mol. The molecule has 0 saturated carbocycles. The van der Waals surface area contributed by atoms with Gasteiger partial charge in [0.05, 0.1) is 12.3 Å². The van der Waals surface area contributed by atoms with Crippen molar-refractivity contribution in [1.82, 2.24) is 9.78 Å². The zero-order chi connectivity index (χ0) is 11.4. The van der Waals surface area contributed by atoms with Crippen molar-refractivity contribution >= 4 is 11.6 Å². The molecule has 15 heavy (non-hydrogen) atoms. The van der Waals surface area contributed by atoms with Crippen LogP contribution in [0.2, 0.25) is 5.15 Å². The lowest BCUT2D eigenvalue weighted by Crippen LogP contribution is -2.01. The summed E-state index contributed by atoms with van der Waals surface area (Å²) in [5.74, 6) is 0.299. The molecule has 0 spiro atoms. The van der Waals surface area contributed by atoms with Crippen molar-refractivity contribution in [3.63, 3.8) is 0 Å². The normalized spacial score (nSPS) is 11.3. The van der Waals surface area contributed by atoms with Crippen LogP contribution < -0.4 is 0 Å². The van der Waals surface area contributed by atoms with Crippen molar-refractivity contribution in [3.05, 3.63) is 16.4 Å². The summed E-state index contributed by atoms with van der Waals surface area (Å²) in [6.45, 7) is 7.05. The van der Waals surface area contributed by atoms with Crippen LogP contribution in [0.25, 0.3) is 0 Å². The number of aliphatic hydroxyl groups excluding tert-OH is 1. The summed E-state index contributed by atoms with van der Waals surface area (Å²) in [7, 11) is 0. The maximum absolute atomic E-state index is 9.25. The van der Waals surface area contributed by atoms with E-state index in [1.165, 1.54) is 0 Å². The van der Waals surface area contributed by atoms with Gasteiger partial charge in [-0.05, 0) is 12.3 Å². The molecule has 1 aromatic rings. The molecule has 3 nitrogen and oxygen atoms in total. The number of aromatic nitrogens is 2. The van der Waals surface area contributed by atoms with Crippen LogP contribution in [0.15, 0.2) is 0 Å². The van der Waals surface area contributed by atoms with Crippen molar-refractivity contribution < 1.29 is 5.11 Å². The van der Waals surface area contributed by atoms with Crippen LogP contribution in [0.1, 0.15) is 50.8 Å². The van der Waals surface area contributed by atoms with Gasteiger partial charge in [0.25, 0.3) is 0 Å². The van der Waals surface area contributed by atoms with E-state index in [0.717, 1.165) is 30.6 Å². The number of hydrogen-bond acceptors (Lipinski definition) is 2. The summed E-state index contributed by atoms with van der Waals surface area (Å²) in [4.78, 5) is 0. The number of aryl methyl sites for hydroxylation is 1. The Hall–Kier alpha value is -0.540. The standard InChI is InChI=1S/C11H19ClN2O/c1-4-5-6-14-11(12)9(7-15)10(13-14)8(2)3/h8,15H,4-7H2,1-3H3. The van der Waals surface area contributed by atoms with E-state index in [4.69, 9.17) is 11.6 Å². The highest BCUT2D eigenvalue weighted by Gasteiger charge is 2.17.